The largest absolute Gasteiger partial charge is 0.459 e. The van der Waals surface area contributed by atoms with Gasteiger partial charge in [0.15, 0.2) is 5.78 Å². The van der Waals surface area contributed by atoms with Crippen molar-refractivity contribution in [2.24, 2.45) is 5.92 Å². The van der Waals surface area contributed by atoms with Crippen LogP contribution in [0.4, 0.5) is 0 Å². The fraction of sp³-hybridized carbons (Fsp3) is 0.462. The van der Waals surface area contributed by atoms with Crippen LogP contribution < -0.4 is 0 Å². The molecule has 1 atom stereocenters. The minimum atomic E-state index is -0.877. The molecule has 0 saturated carbocycles. The molecule has 0 N–H and O–H groups in total. The van der Waals surface area contributed by atoms with Crippen LogP contribution in [-0.2, 0) is 9.53 Å². The minimum absolute atomic E-state index is 0.206. The lowest BCUT2D eigenvalue weighted by molar-refractivity contribution is -0.157. The van der Waals surface area contributed by atoms with Crippen molar-refractivity contribution in [3.05, 3.63) is 29.0 Å². The van der Waals surface area contributed by atoms with Gasteiger partial charge in [-0.05, 0) is 39.8 Å². The molecule has 0 bridgehead atoms. The van der Waals surface area contributed by atoms with Gasteiger partial charge in [-0.25, -0.2) is 0 Å². The van der Waals surface area contributed by atoms with Crippen molar-refractivity contribution in [2.45, 2.75) is 33.3 Å². The third-order valence-electron chi connectivity index (χ3n) is 2.13. The Bertz CT molecular complexity index is 448. The van der Waals surface area contributed by atoms with Gasteiger partial charge in [0.05, 0.1) is 5.02 Å². The second kappa shape index (κ2) is 5.48. The lowest BCUT2D eigenvalue weighted by Crippen LogP contribution is -2.31. The van der Waals surface area contributed by atoms with Gasteiger partial charge in [-0.1, -0.05) is 11.6 Å². The van der Waals surface area contributed by atoms with E-state index in [1.54, 1.807) is 26.8 Å². The average molecular weight is 270 g/mol. The summed E-state index contributed by atoms with van der Waals surface area (Å²) in [4.78, 5) is 27.6. The third kappa shape index (κ3) is 4.11. The highest BCUT2D eigenvalue weighted by Crippen LogP contribution is 2.15. The summed E-state index contributed by atoms with van der Waals surface area (Å²) >= 11 is 5.68. The van der Waals surface area contributed by atoms with Crippen LogP contribution in [0, 0.1) is 5.92 Å². The maximum Gasteiger partial charge on any atom is 0.317 e. The predicted octanol–water partition coefficient (Wildman–Crippen LogP) is 2.90. The number of hydrogen-bond acceptors (Lipinski definition) is 4. The molecule has 0 spiro atoms. The Hall–Kier alpha value is -1.42. The van der Waals surface area contributed by atoms with Crippen LogP contribution in [-0.4, -0.2) is 22.3 Å². The molecule has 1 aromatic heterocycles. The molecule has 0 radical (unpaired) electrons. The van der Waals surface area contributed by atoms with Gasteiger partial charge < -0.3 is 4.74 Å². The molecular formula is C13H16ClNO3. The normalized spacial score (nSPS) is 12.9. The maximum absolute atomic E-state index is 12.0. The monoisotopic (exact) mass is 269 g/mol. The van der Waals surface area contributed by atoms with Gasteiger partial charge in [0.2, 0.25) is 0 Å². The minimum Gasteiger partial charge on any atom is -0.459 e. The number of halogens is 1. The predicted molar refractivity (Wildman–Crippen MR) is 68.6 cm³/mol. The van der Waals surface area contributed by atoms with E-state index in [-0.39, 0.29) is 11.5 Å². The van der Waals surface area contributed by atoms with Crippen molar-refractivity contribution in [3.63, 3.8) is 0 Å². The van der Waals surface area contributed by atoms with Crippen molar-refractivity contribution >= 4 is 23.4 Å². The zero-order valence-corrected chi connectivity index (χ0v) is 11.6. The van der Waals surface area contributed by atoms with Crippen LogP contribution in [0.25, 0.3) is 0 Å². The Labute approximate surface area is 111 Å². The third-order valence-corrected chi connectivity index (χ3v) is 2.36. The van der Waals surface area contributed by atoms with E-state index in [0.717, 1.165) is 0 Å². The zero-order valence-electron chi connectivity index (χ0n) is 10.9. The first kappa shape index (κ1) is 14.6. The number of hydrogen-bond donors (Lipinski definition) is 0. The Morgan fingerprint density at radius 3 is 2.39 bits per heavy atom. The molecular weight excluding hydrogens is 254 g/mol. The highest BCUT2D eigenvalue weighted by molar-refractivity contribution is 6.30. The molecule has 0 saturated heterocycles. The maximum atomic E-state index is 12.0. The van der Waals surface area contributed by atoms with E-state index in [2.05, 4.69) is 4.98 Å². The molecule has 1 unspecified atom stereocenters. The van der Waals surface area contributed by atoms with Crippen molar-refractivity contribution < 1.29 is 14.3 Å². The van der Waals surface area contributed by atoms with E-state index in [0.29, 0.717) is 5.02 Å². The first-order chi connectivity index (χ1) is 8.20. The fourth-order valence-corrected chi connectivity index (χ4v) is 1.35. The molecule has 5 heteroatoms. The Kier molecular flexibility index (Phi) is 4.46. The first-order valence-electron chi connectivity index (χ1n) is 5.59. The van der Waals surface area contributed by atoms with E-state index in [9.17, 15) is 9.59 Å². The number of esters is 1. The van der Waals surface area contributed by atoms with Crippen LogP contribution in [0.2, 0.25) is 5.02 Å². The number of carbonyl (C=O) groups excluding carboxylic acids is 2. The van der Waals surface area contributed by atoms with Crippen molar-refractivity contribution in [2.75, 3.05) is 0 Å². The molecule has 1 aromatic rings. The summed E-state index contributed by atoms with van der Waals surface area (Å²) in [5.41, 5.74) is -0.406. The highest BCUT2D eigenvalue weighted by atomic mass is 35.5. The lowest BCUT2D eigenvalue weighted by Gasteiger charge is -2.21. The number of Topliss-reactive ketones (excluding diaryl/α,β-unsaturated/α-hetero) is 1. The van der Waals surface area contributed by atoms with Crippen LogP contribution in [0.3, 0.4) is 0 Å². The number of ketones is 1. The van der Waals surface area contributed by atoms with Gasteiger partial charge in [-0.2, -0.15) is 0 Å². The Morgan fingerprint density at radius 1 is 1.33 bits per heavy atom. The van der Waals surface area contributed by atoms with Crippen molar-refractivity contribution in [3.8, 4) is 0 Å². The van der Waals surface area contributed by atoms with Crippen LogP contribution >= 0.6 is 11.6 Å². The Balaban J connectivity index is 2.78. The summed E-state index contributed by atoms with van der Waals surface area (Å²) in [7, 11) is 0. The van der Waals surface area contributed by atoms with Gasteiger partial charge in [0, 0.05) is 6.20 Å². The highest BCUT2D eigenvalue weighted by Gasteiger charge is 2.28. The summed E-state index contributed by atoms with van der Waals surface area (Å²) in [6.45, 7) is 6.76. The SMILES string of the molecule is CC(C(=O)OC(C)(C)C)C(=O)c1ccc(Cl)cn1. The van der Waals surface area contributed by atoms with Crippen molar-refractivity contribution in [1.29, 1.82) is 0 Å². The number of ether oxygens (including phenoxy) is 1. The summed E-state index contributed by atoms with van der Waals surface area (Å²) in [6, 6.07) is 3.05. The topological polar surface area (TPSA) is 56.3 Å². The van der Waals surface area contributed by atoms with Crippen LogP contribution in [0.15, 0.2) is 18.3 Å². The van der Waals surface area contributed by atoms with Gasteiger partial charge in [0.25, 0.3) is 0 Å². The fourth-order valence-electron chi connectivity index (χ4n) is 1.24. The number of rotatable bonds is 3. The summed E-state index contributed by atoms with van der Waals surface area (Å²) in [5, 5.41) is 0.441. The van der Waals surface area contributed by atoms with Gasteiger partial charge >= 0.3 is 5.97 Å². The zero-order chi connectivity index (χ0) is 13.9. The molecule has 0 fully saturated rings. The second-order valence-corrected chi connectivity index (χ2v) is 5.42. The van der Waals surface area contributed by atoms with E-state index < -0.39 is 17.5 Å². The summed E-state index contributed by atoms with van der Waals surface area (Å²) in [6.07, 6.45) is 1.37. The molecule has 18 heavy (non-hydrogen) atoms. The Morgan fingerprint density at radius 2 is 1.94 bits per heavy atom. The van der Waals surface area contributed by atoms with Gasteiger partial charge in [-0.15, -0.1) is 0 Å². The molecule has 0 aliphatic heterocycles. The molecule has 0 aliphatic carbocycles. The quantitative estimate of drug-likeness (QED) is 0.481. The lowest BCUT2D eigenvalue weighted by atomic mass is 10.0. The van der Waals surface area contributed by atoms with Gasteiger partial charge in [-0.3, -0.25) is 14.6 Å². The molecule has 98 valence electrons. The molecule has 1 heterocycles. The smallest absolute Gasteiger partial charge is 0.317 e. The summed E-state index contributed by atoms with van der Waals surface area (Å²) in [5.74, 6) is -1.80. The average Bonchev–Trinajstić information content (AvgIpc) is 2.26. The number of pyridine rings is 1. The van der Waals surface area contributed by atoms with Crippen molar-refractivity contribution in [1.82, 2.24) is 4.98 Å². The molecule has 1 rings (SSSR count). The first-order valence-corrected chi connectivity index (χ1v) is 5.97. The van der Waals surface area contributed by atoms with E-state index in [4.69, 9.17) is 16.3 Å². The molecule has 0 aliphatic rings. The van der Waals surface area contributed by atoms with E-state index in [1.807, 2.05) is 0 Å². The standard InChI is InChI=1S/C13H16ClNO3/c1-8(12(17)18-13(2,3)4)11(16)10-6-5-9(14)7-15-10/h5-8H,1-4H3. The second-order valence-electron chi connectivity index (χ2n) is 4.98. The van der Waals surface area contributed by atoms with Gasteiger partial charge in [0.1, 0.15) is 17.2 Å². The van der Waals surface area contributed by atoms with Crippen LogP contribution in [0.5, 0.6) is 0 Å². The number of carbonyl (C=O) groups is 2. The van der Waals surface area contributed by atoms with E-state index >= 15 is 0 Å². The molecule has 0 amide bonds. The number of aromatic nitrogens is 1. The van der Waals surface area contributed by atoms with Crippen LogP contribution in [0.1, 0.15) is 38.2 Å². The molecule has 0 aromatic carbocycles. The number of nitrogens with zero attached hydrogens (tertiary/aromatic N) is 1. The molecule has 4 nitrogen and oxygen atoms in total. The summed E-state index contributed by atoms with van der Waals surface area (Å²) < 4.78 is 5.15. The van der Waals surface area contributed by atoms with E-state index in [1.165, 1.54) is 19.2 Å².